The number of thiophene rings is 1. The number of nitrogens with zero attached hydrogens (tertiary/aromatic N) is 1. The van der Waals surface area contributed by atoms with E-state index in [9.17, 15) is 8.42 Å². The molecule has 0 aliphatic heterocycles. The molecule has 0 aliphatic carbocycles. The summed E-state index contributed by atoms with van der Waals surface area (Å²) in [6.07, 6.45) is 0. The predicted molar refractivity (Wildman–Crippen MR) is 93.6 cm³/mol. The molecule has 122 valence electrons. The molecule has 0 unspecified atom stereocenters. The molecule has 0 saturated carbocycles. The van der Waals surface area contributed by atoms with Crippen LogP contribution in [-0.4, -0.2) is 21.5 Å². The average Bonchev–Trinajstić information content (AvgIpc) is 2.84. The fourth-order valence-corrected chi connectivity index (χ4v) is 4.85. The maximum absolute atomic E-state index is 12.2. The topological polar surface area (TPSA) is 82.0 Å². The van der Waals surface area contributed by atoms with E-state index < -0.39 is 10.0 Å². The number of nitrogens with one attached hydrogen (secondary N) is 2. The summed E-state index contributed by atoms with van der Waals surface area (Å²) >= 11 is 7.29. The molecule has 8 heteroatoms. The number of hydrogen-bond acceptors (Lipinski definition) is 5. The van der Waals surface area contributed by atoms with Crippen molar-refractivity contribution in [2.45, 2.75) is 18.7 Å². The third-order valence-electron chi connectivity index (χ3n) is 3.12. The van der Waals surface area contributed by atoms with E-state index in [1.165, 1.54) is 11.3 Å². The molecule has 1 aromatic carbocycles. The van der Waals surface area contributed by atoms with Gasteiger partial charge in [0.1, 0.15) is 6.07 Å². The van der Waals surface area contributed by atoms with E-state index in [0.717, 1.165) is 9.75 Å². The SMILES string of the molecule is Cc1cc(S(=O)(=O)NCCNc2ccc(Cl)cc2C#N)c(C)s1. The summed E-state index contributed by atoms with van der Waals surface area (Å²) in [6, 6.07) is 8.65. The van der Waals surface area contributed by atoms with Crippen LogP contribution in [-0.2, 0) is 10.0 Å². The highest BCUT2D eigenvalue weighted by atomic mass is 35.5. The maximum Gasteiger partial charge on any atom is 0.241 e. The fourth-order valence-electron chi connectivity index (χ4n) is 2.10. The molecule has 0 amide bonds. The molecule has 0 aliphatic rings. The first-order chi connectivity index (χ1) is 10.8. The van der Waals surface area contributed by atoms with E-state index in [0.29, 0.717) is 27.7 Å². The number of halogens is 1. The van der Waals surface area contributed by atoms with Crippen LogP contribution >= 0.6 is 22.9 Å². The van der Waals surface area contributed by atoms with Gasteiger partial charge in [0.2, 0.25) is 10.0 Å². The average molecular weight is 370 g/mol. The lowest BCUT2D eigenvalue weighted by Gasteiger charge is -2.10. The van der Waals surface area contributed by atoms with Crippen molar-refractivity contribution in [3.05, 3.63) is 44.6 Å². The van der Waals surface area contributed by atoms with Crippen molar-refractivity contribution in [3.63, 3.8) is 0 Å². The quantitative estimate of drug-likeness (QED) is 0.765. The summed E-state index contributed by atoms with van der Waals surface area (Å²) in [6.45, 7) is 4.24. The second-order valence-electron chi connectivity index (χ2n) is 4.90. The number of hydrogen-bond donors (Lipinski definition) is 2. The van der Waals surface area contributed by atoms with Gasteiger partial charge in [-0.3, -0.25) is 0 Å². The molecule has 0 fully saturated rings. The van der Waals surface area contributed by atoms with E-state index in [2.05, 4.69) is 10.0 Å². The second kappa shape index (κ2) is 7.32. The minimum Gasteiger partial charge on any atom is -0.383 e. The van der Waals surface area contributed by atoms with Gasteiger partial charge in [-0.25, -0.2) is 13.1 Å². The predicted octanol–water partition coefficient (Wildman–Crippen LogP) is 3.28. The lowest BCUT2D eigenvalue weighted by Crippen LogP contribution is -2.29. The Kier molecular flexibility index (Phi) is 5.65. The zero-order valence-corrected chi connectivity index (χ0v) is 15.1. The van der Waals surface area contributed by atoms with Crippen LogP contribution in [0.5, 0.6) is 0 Å². The van der Waals surface area contributed by atoms with Crippen molar-refractivity contribution in [2.75, 3.05) is 18.4 Å². The third-order valence-corrected chi connectivity index (χ3v) is 6.04. The molecular formula is C15H16ClN3O2S2. The summed E-state index contributed by atoms with van der Waals surface area (Å²) in [7, 11) is -3.51. The lowest BCUT2D eigenvalue weighted by atomic mass is 10.2. The van der Waals surface area contributed by atoms with Gasteiger partial charge in [-0.05, 0) is 38.1 Å². The molecule has 0 atom stereocenters. The molecule has 5 nitrogen and oxygen atoms in total. The summed E-state index contributed by atoms with van der Waals surface area (Å²) in [5.74, 6) is 0. The maximum atomic E-state index is 12.2. The number of sulfonamides is 1. The standard InChI is InChI=1S/C15H16ClN3O2S2/c1-10-7-15(11(2)22-10)23(20,21)19-6-5-18-14-4-3-13(16)8-12(14)9-17/h3-4,7-8,18-19H,5-6H2,1-2H3. The van der Waals surface area contributed by atoms with Gasteiger partial charge in [0.15, 0.2) is 0 Å². The van der Waals surface area contributed by atoms with E-state index in [4.69, 9.17) is 16.9 Å². The monoisotopic (exact) mass is 369 g/mol. The number of nitriles is 1. The van der Waals surface area contributed by atoms with Crippen molar-refractivity contribution in [2.24, 2.45) is 0 Å². The lowest BCUT2D eigenvalue weighted by molar-refractivity contribution is 0.582. The molecule has 0 spiro atoms. The Bertz CT molecular complexity index is 854. The molecule has 0 saturated heterocycles. The van der Waals surface area contributed by atoms with Crippen LogP contribution in [0, 0.1) is 25.2 Å². The van der Waals surface area contributed by atoms with Gasteiger partial charge in [0, 0.05) is 27.9 Å². The van der Waals surface area contributed by atoms with E-state index >= 15 is 0 Å². The van der Waals surface area contributed by atoms with Crippen molar-refractivity contribution in [1.82, 2.24) is 4.72 Å². The van der Waals surface area contributed by atoms with Crippen LogP contribution < -0.4 is 10.0 Å². The molecule has 2 aromatic rings. The largest absolute Gasteiger partial charge is 0.383 e. The number of rotatable bonds is 6. The Morgan fingerprint density at radius 1 is 1.26 bits per heavy atom. The molecule has 1 heterocycles. The van der Waals surface area contributed by atoms with E-state index in [1.54, 1.807) is 31.2 Å². The molecule has 2 rings (SSSR count). The molecule has 1 aromatic heterocycles. The summed E-state index contributed by atoms with van der Waals surface area (Å²) in [4.78, 5) is 2.05. The summed E-state index contributed by atoms with van der Waals surface area (Å²) < 4.78 is 27.0. The molecule has 0 radical (unpaired) electrons. The van der Waals surface area contributed by atoms with Gasteiger partial charge in [-0.2, -0.15) is 5.26 Å². The van der Waals surface area contributed by atoms with Crippen LogP contribution in [0.2, 0.25) is 5.02 Å². The second-order valence-corrected chi connectivity index (χ2v) is 8.54. The molecule has 23 heavy (non-hydrogen) atoms. The van der Waals surface area contributed by atoms with Gasteiger partial charge in [-0.1, -0.05) is 11.6 Å². The van der Waals surface area contributed by atoms with Crippen LogP contribution in [0.1, 0.15) is 15.3 Å². The van der Waals surface area contributed by atoms with Gasteiger partial charge in [0.05, 0.1) is 16.1 Å². The van der Waals surface area contributed by atoms with Crippen LogP contribution in [0.4, 0.5) is 5.69 Å². The van der Waals surface area contributed by atoms with Crippen molar-refractivity contribution in [1.29, 1.82) is 5.26 Å². The first kappa shape index (κ1) is 17.8. The molecule has 0 bridgehead atoms. The zero-order chi connectivity index (χ0) is 17.0. The van der Waals surface area contributed by atoms with Crippen LogP contribution in [0.3, 0.4) is 0 Å². The molecule has 2 N–H and O–H groups in total. The minimum absolute atomic E-state index is 0.212. The van der Waals surface area contributed by atoms with Crippen LogP contribution in [0.25, 0.3) is 0 Å². The Labute approximate surface area is 145 Å². The smallest absolute Gasteiger partial charge is 0.241 e. The van der Waals surface area contributed by atoms with Crippen LogP contribution in [0.15, 0.2) is 29.2 Å². The highest BCUT2D eigenvalue weighted by Crippen LogP contribution is 2.24. The van der Waals surface area contributed by atoms with E-state index in [-0.39, 0.29) is 6.54 Å². The normalized spacial score (nSPS) is 11.2. The van der Waals surface area contributed by atoms with E-state index in [1.807, 2.05) is 13.0 Å². The zero-order valence-electron chi connectivity index (χ0n) is 12.7. The Balaban J connectivity index is 1.96. The fraction of sp³-hybridized carbons (Fsp3) is 0.267. The minimum atomic E-state index is -3.51. The van der Waals surface area contributed by atoms with Crippen molar-refractivity contribution >= 4 is 38.6 Å². The first-order valence-corrected chi connectivity index (χ1v) is 9.51. The Morgan fingerprint density at radius 2 is 2.00 bits per heavy atom. The van der Waals surface area contributed by atoms with Crippen molar-refractivity contribution < 1.29 is 8.42 Å². The number of anilines is 1. The van der Waals surface area contributed by atoms with Gasteiger partial charge >= 0.3 is 0 Å². The Hall–Kier alpha value is -1.59. The number of benzene rings is 1. The molecular weight excluding hydrogens is 354 g/mol. The van der Waals surface area contributed by atoms with Crippen molar-refractivity contribution in [3.8, 4) is 6.07 Å². The van der Waals surface area contributed by atoms with Gasteiger partial charge in [-0.15, -0.1) is 11.3 Å². The highest BCUT2D eigenvalue weighted by molar-refractivity contribution is 7.89. The summed E-state index contributed by atoms with van der Waals surface area (Å²) in [5, 5.41) is 12.6. The first-order valence-electron chi connectivity index (χ1n) is 6.83. The summed E-state index contributed by atoms with van der Waals surface area (Å²) in [5.41, 5.74) is 1.04. The number of aryl methyl sites for hydroxylation is 2. The highest BCUT2D eigenvalue weighted by Gasteiger charge is 2.18. The third kappa shape index (κ3) is 4.45. The van der Waals surface area contributed by atoms with Gasteiger partial charge in [0.25, 0.3) is 0 Å². The Morgan fingerprint density at radius 3 is 2.61 bits per heavy atom. The van der Waals surface area contributed by atoms with Gasteiger partial charge < -0.3 is 5.32 Å².